The van der Waals surface area contributed by atoms with E-state index < -0.39 is 26.9 Å². The molecule has 21 heavy (non-hydrogen) atoms. The Balaban J connectivity index is 2.40. The van der Waals surface area contributed by atoms with Gasteiger partial charge in [-0.15, -0.1) is 0 Å². The molecule has 2 aliphatic heterocycles. The summed E-state index contributed by atoms with van der Waals surface area (Å²) in [5, 5.41) is 0. The maximum Gasteiger partial charge on any atom is 0.334 e. The monoisotopic (exact) mass is 356 g/mol. The average Bonchev–Trinajstić information content (AvgIpc) is 2.46. The van der Waals surface area contributed by atoms with Crippen molar-refractivity contribution in [1.82, 2.24) is 0 Å². The van der Waals surface area contributed by atoms with Gasteiger partial charge in [-0.05, 0) is 13.0 Å². The summed E-state index contributed by atoms with van der Waals surface area (Å²) in [6, 6.07) is 0. The predicted molar refractivity (Wildman–Crippen MR) is 77.8 cm³/mol. The van der Waals surface area contributed by atoms with Gasteiger partial charge in [-0.2, -0.15) is 0 Å². The van der Waals surface area contributed by atoms with E-state index in [1.807, 2.05) is 6.92 Å². The van der Waals surface area contributed by atoms with Crippen LogP contribution in [0.1, 0.15) is 13.8 Å². The summed E-state index contributed by atoms with van der Waals surface area (Å²) in [4.78, 5) is 25.2. The fraction of sp³-hybridized carbons (Fsp3) is 0.600. The number of carbonyl (C=O) groups excluding carboxylic acids is 2. The van der Waals surface area contributed by atoms with E-state index in [9.17, 15) is 9.59 Å². The van der Waals surface area contributed by atoms with Crippen molar-refractivity contribution in [2.24, 2.45) is 10.8 Å². The molecule has 4 atom stereocenters. The van der Waals surface area contributed by atoms with E-state index in [-0.39, 0.29) is 12.4 Å². The van der Waals surface area contributed by atoms with E-state index in [1.54, 1.807) is 13.0 Å². The van der Waals surface area contributed by atoms with Crippen LogP contribution in [0.25, 0.3) is 0 Å². The van der Waals surface area contributed by atoms with Crippen LogP contribution in [-0.4, -0.2) is 42.7 Å². The Labute approximate surface area is 131 Å². The standard InChI is InChI=1S/C15H17BrO5/c1-8-12(2)7-21-15(20-5)11(18)14(12,16)6-9(10(17)19-4)13(8,15)3/h6H,1,7H2,2-5H3/t12-,13+,14+,15-/m1/s1. The van der Waals surface area contributed by atoms with Crippen molar-refractivity contribution in [3.8, 4) is 0 Å². The number of esters is 1. The predicted octanol–water partition coefficient (Wildman–Crippen LogP) is 1.76. The van der Waals surface area contributed by atoms with E-state index in [1.165, 1.54) is 14.2 Å². The summed E-state index contributed by atoms with van der Waals surface area (Å²) in [6.45, 7) is 8.12. The van der Waals surface area contributed by atoms with E-state index in [4.69, 9.17) is 14.2 Å². The fourth-order valence-corrected chi connectivity index (χ4v) is 4.82. The number of hydrogen-bond acceptors (Lipinski definition) is 5. The van der Waals surface area contributed by atoms with Crippen LogP contribution in [0.15, 0.2) is 23.8 Å². The van der Waals surface area contributed by atoms with Crippen molar-refractivity contribution in [3.63, 3.8) is 0 Å². The van der Waals surface area contributed by atoms with Gasteiger partial charge in [0.1, 0.15) is 4.32 Å². The number of carbonyl (C=O) groups is 2. The summed E-state index contributed by atoms with van der Waals surface area (Å²) in [5.41, 5.74) is -0.640. The number of halogens is 1. The number of alkyl halides is 1. The molecule has 6 heteroatoms. The van der Waals surface area contributed by atoms with Gasteiger partial charge in [0.15, 0.2) is 0 Å². The zero-order valence-corrected chi connectivity index (χ0v) is 14.0. The second-order valence-corrected chi connectivity index (χ2v) is 7.39. The van der Waals surface area contributed by atoms with E-state index >= 15 is 0 Å². The Morgan fingerprint density at radius 2 is 2.05 bits per heavy atom. The zero-order valence-electron chi connectivity index (χ0n) is 12.4. The smallest absolute Gasteiger partial charge is 0.334 e. The second-order valence-electron chi connectivity index (χ2n) is 6.14. The van der Waals surface area contributed by atoms with Gasteiger partial charge in [0.2, 0.25) is 11.6 Å². The summed E-state index contributed by atoms with van der Waals surface area (Å²) in [5.74, 6) is -2.30. The molecule has 3 fully saturated rings. The molecule has 5 aliphatic rings. The molecular weight excluding hydrogens is 340 g/mol. The quantitative estimate of drug-likeness (QED) is 0.428. The number of ketones is 1. The van der Waals surface area contributed by atoms with Crippen LogP contribution in [0.4, 0.5) is 0 Å². The van der Waals surface area contributed by atoms with E-state index in [0.717, 1.165) is 5.57 Å². The van der Waals surface area contributed by atoms with Crippen LogP contribution in [0.3, 0.4) is 0 Å². The third-order valence-corrected chi connectivity index (χ3v) is 6.96. The lowest BCUT2D eigenvalue weighted by atomic mass is 9.44. The fourth-order valence-electron chi connectivity index (χ4n) is 3.97. The molecule has 0 radical (unpaired) electrons. The van der Waals surface area contributed by atoms with Gasteiger partial charge in [-0.1, -0.05) is 35.0 Å². The molecule has 0 aromatic carbocycles. The number of Topliss-reactive ketones (excluding diaryl/α,β-unsaturated/α-hetero) is 1. The second kappa shape index (κ2) is 3.86. The lowest BCUT2D eigenvalue weighted by Crippen LogP contribution is -2.80. The first-order valence-electron chi connectivity index (χ1n) is 6.60. The van der Waals surface area contributed by atoms with Crippen LogP contribution in [-0.2, 0) is 23.8 Å². The molecule has 2 saturated heterocycles. The van der Waals surface area contributed by atoms with Gasteiger partial charge in [-0.3, -0.25) is 4.79 Å². The first kappa shape index (κ1) is 14.9. The Morgan fingerprint density at radius 1 is 1.43 bits per heavy atom. The van der Waals surface area contributed by atoms with Gasteiger partial charge in [0, 0.05) is 12.5 Å². The van der Waals surface area contributed by atoms with Gasteiger partial charge in [0.05, 0.1) is 24.7 Å². The Kier molecular flexibility index (Phi) is 2.74. The van der Waals surface area contributed by atoms with Crippen molar-refractivity contribution < 1.29 is 23.8 Å². The van der Waals surface area contributed by atoms with E-state index in [0.29, 0.717) is 5.57 Å². The van der Waals surface area contributed by atoms with Gasteiger partial charge < -0.3 is 14.2 Å². The minimum atomic E-state index is -1.55. The summed E-state index contributed by atoms with van der Waals surface area (Å²) in [7, 11) is 2.71. The Hall–Kier alpha value is -0.980. The first-order chi connectivity index (χ1) is 9.65. The lowest BCUT2D eigenvalue weighted by molar-refractivity contribution is -0.302. The highest BCUT2D eigenvalue weighted by molar-refractivity contribution is 9.10. The molecule has 5 rings (SSSR count). The molecule has 3 aliphatic carbocycles. The molecular formula is C15H17BrO5. The van der Waals surface area contributed by atoms with Gasteiger partial charge in [0.25, 0.3) is 0 Å². The molecule has 0 N–H and O–H groups in total. The molecule has 0 spiro atoms. The minimum Gasteiger partial charge on any atom is -0.466 e. The molecule has 0 amide bonds. The molecule has 0 aromatic rings. The number of hydrogen-bond donors (Lipinski definition) is 0. The zero-order chi connectivity index (χ0) is 15.8. The normalized spacial score (nSPS) is 47.6. The van der Waals surface area contributed by atoms with Crippen LogP contribution in [0.2, 0.25) is 0 Å². The SMILES string of the molecule is C=C1[C@@]2(C)C(C(=O)OC)=C[C@]3(Br)C(=O)[C@@]2(OC)OC[C@]13C. The summed E-state index contributed by atoms with van der Waals surface area (Å²) < 4.78 is 15.1. The van der Waals surface area contributed by atoms with Gasteiger partial charge >= 0.3 is 5.97 Å². The third kappa shape index (κ3) is 1.19. The average molecular weight is 357 g/mol. The maximum atomic E-state index is 13.0. The number of rotatable bonds is 2. The van der Waals surface area contributed by atoms with Gasteiger partial charge in [-0.25, -0.2) is 4.79 Å². The van der Waals surface area contributed by atoms with Crippen molar-refractivity contribution in [2.45, 2.75) is 24.0 Å². The number of methoxy groups -OCH3 is 2. The maximum absolute atomic E-state index is 13.0. The van der Waals surface area contributed by atoms with Crippen molar-refractivity contribution in [2.75, 3.05) is 20.8 Å². The Morgan fingerprint density at radius 3 is 2.57 bits per heavy atom. The third-order valence-electron chi connectivity index (χ3n) is 5.50. The lowest BCUT2D eigenvalue weighted by Gasteiger charge is -2.68. The largest absolute Gasteiger partial charge is 0.466 e. The summed E-state index contributed by atoms with van der Waals surface area (Å²) >= 11 is 3.54. The molecule has 0 aromatic heterocycles. The highest BCUT2D eigenvalue weighted by Gasteiger charge is 2.81. The van der Waals surface area contributed by atoms with Crippen molar-refractivity contribution in [3.05, 3.63) is 23.8 Å². The number of ether oxygens (including phenoxy) is 3. The molecule has 114 valence electrons. The Bertz CT molecular complexity index is 626. The molecule has 1 saturated carbocycles. The van der Waals surface area contributed by atoms with Crippen LogP contribution >= 0.6 is 15.9 Å². The minimum absolute atomic E-state index is 0.242. The summed E-state index contributed by atoms with van der Waals surface area (Å²) in [6.07, 6.45) is 1.65. The topological polar surface area (TPSA) is 61.8 Å². The van der Waals surface area contributed by atoms with Crippen molar-refractivity contribution >= 4 is 27.7 Å². The van der Waals surface area contributed by atoms with Crippen molar-refractivity contribution in [1.29, 1.82) is 0 Å². The first-order valence-corrected chi connectivity index (χ1v) is 7.39. The highest BCUT2D eigenvalue weighted by Crippen LogP contribution is 2.71. The number of fused-ring (bicyclic) bond motifs is 1. The number of allylic oxidation sites excluding steroid dienone is 1. The van der Waals surface area contributed by atoms with E-state index in [2.05, 4.69) is 22.5 Å². The molecule has 2 heterocycles. The molecule has 4 bridgehead atoms. The van der Waals surface area contributed by atoms with Crippen LogP contribution in [0, 0.1) is 10.8 Å². The molecule has 5 nitrogen and oxygen atoms in total. The highest BCUT2D eigenvalue weighted by atomic mass is 79.9. The van der Waals surface area contributed by atoms with Crippen LogP contribution < -0.4 is 0 Å². The molecule has 0 unspecified atom stereocenters. The van der Waals surface area contributed by atoms with Crippen LogP contribution in [0.5, 0.6) is 0 Å².